The smallest absolute Gasteiger partial charge is 0.419 e. The lowest BCUT2D eigenvalue weighted by Crippen LogP contribution is -2.38. The second-order valence-electron chi connectivity index (χ2n) is 7.20. The molecule has 1 aliphatic carbocycles. The van der Waals surface area contributed by atoms with E-state index in [4.69, 9.17) is 4.74 Å². The van der Waals surface area contributed by atoms with Crippen LogP contribution in [0.5, 0.6) is 5.88 Å². The third-order valence-corrected chi connectivity index (χ3v) is 5.09. The van der Waals surface area contributed by atoms with Crippen molar-refractivity contribution in [3.63, 3.8) is 0 Å². The van der Waals surface area contributed by atoms with Crippen molar-refractivity contribution in [2.45, 2.75) is 32.1 Å². The molecule has 0 saturated heterocycles. The van der Waals surface area contributed by atoms with Gasteiger partial charge in [0.1, 0.15) is 12.4 Å². The quantitative estimate of drug-likeness (QED) is 0.690. The lowest BCUT2D eigenvalue weighted by atomic mass is 10.1. The summed E-state index contributed by atoms with van der Waals surface area (Å²) >= 11 is 0. The van der Waals surface area contributed by atoms with Crippen LogP contribution in [0, 0.1) is 5.82 Å². The Bertz CT molecular complexity index is 1020. The van der Waals surface area contributed by atoms with Gasteiger partial charge in [0, 0.05) is 18.2 Å². The molecule has 0 radical (unpaired) electrons. The van der Waals surface area contributed by atoms with Gasteiger partial charge in [0.2, 0.25) is 5.88 Å². The molecule has 0 atom stereocenters. The molecule has 0 fully saturated rings. The molecule has 0 unspecified atom stereocenters. The number of rotatable bonds is 4. The Balaban J connectivity index is 1.45. The third kappa shape index (κ3) is 4.24. The highest BCUT2D eigenvalue weighted by atomic mass is 19.4. The molecule has 1 aliphatic heterocycles. The number of allylic oxidation sites excluding steroid dienone is 3. The van der Waals surface area contributed by atoms with Gasteiger partial charge in [-0.25, -0.2) is 4.39 Å². The van der Waals surface area contributed by atoms with E-state index in [1.807, 2.05) is 12.2 Å². The van der Waals surface area contributed by atoms with Gasteiger partial charge in [-0.05, 0) is 36.6 Å². The molecule has 1 aromatic carbocycles. The molecule has 1 amide bonds. The Kier molecular flexibility index (Phi) is 5.36. The van der Waals surface area contributed by atoms with Crippen molar-refractivity contribution in [3.05, 3.63) is 70.7 Å². The second kappa shape index (κ2) is 7.97. The van der Waals surface area contributed by atoms with Gasteiger partial charge >= 0.3 is 6.18 Å². The van der Waals surface area contributed by atoms with E-state index in [-0.39, 0.29) is 18.7 Å². The number of fused-ring (bicyclic) bond motifs is 1. The van der Waals surface area contributed by atoms with Crippen LogP contribution in [0.4, 0.5) is 17.6 Å². The fourth-order valence-corrected chi connectivity index (χ4v) is 3.48. The predicted octanol–water partition coefficient (Wildman–Crippen LogP) is 4.35. The van der Waals surface area contributed by atoms with E-state index in [2.05, 4.69) is 11.2 Å². The minimum atomic E-state index is -4.86. The van der Waals surface area contributed by atoms with Crippen molar-refractivity contribution >= 4 is 5.91 Å². The number of hydrogen-bond acceptors (Lipinski definition) is 3. The average Bonchev–Trinajstić information content (AvgIpc) is 3.14. The fraction of sp³-hybridized carbons (Fsp3) is 0.333. The zero-order valence-corrected chi connectivity index (χ0v) is 16.0. The van der Waals surface area contributed by atoms with Crippen LogP contribution in [0.1, 0.15) is 34.5 Å². The summed E-state index contributed by atoms with van der Waals surface area (Å²) in [6, 6.07) is 4.03. The van der Waals surface area contributed by atoms with Crippen LogP contribution in [0.25, 0.3) is 0 Å². The van der Waals surface area contributed by atoms with E-state index in [9.17, 15) is 22.4 Å². The van der Waals surface area contributed by atoms with E-state index in [0.717, 1.165) is 30.2 Å². The molecular formula is C21H19F4N3O2. The lowest BCUT2D eigenvalue weighted by molar-refractivity contribution is -0.140. The summed E-state index contributed by atoms with van der Waals surface area (Å²) in [7, 11) is 0. The van der Waals surface area contributed by atoms with Gasteiger partial charge in [-0.1, -0.05) is 18.2 Å². The molecule has 2 aromatic rings. The van der Waals surface area contributed by atoms with Crippen LogP contribution in [-0.2, 0) is 19.3 Å². The third-order valence-electron chi connectivity index (χ3n) is 5.09. The molecule has 0 saturated carbocycles. The highest BCUT2D eigenvalue weighted by Gasteiger charge is 2.35. The topological polar surface area (TPSA) is 47.4 Å². The summed E-state index contributed by atoms with van der Waals surface area (Å²) < 4.78 is 59.8. The Morgan fingerprint density at radius 2 is 2.03 bits per heavy atom. The standard InChI is InChI=1S/C21H19F4N3O2/c22-18-7-6-15(10-17(18)21(23,24)25)20(29)27-8-9-28-16(12-27)11-19(26-28)30-13-14-4-2-1-3-5-14/h1-2,4,6-7,10-11H,3,5,8-9,12-13H2. The van der Waals surface area contributed by atoms with Gasteiger partial charge in [-0.15, -0.1) is 5.10 Å². The molecule has 30 heavy (non-hydrogen) atoms. The highest BCUT2D eigenvalue weighted by Crippen LogP contribution is 2.32. The molecule has 2 aliphatic rings. The number of amides is 1. The maximum absolute atomic E-state index is 13.5. The van der Waals surface area contributed by atoms with E-state index in [1.165, 1.54) is 4.90 Å². The zero-order chi connectivity index (χ0) is 21.3. The molecule has 158 valence electrons. The van der Waals surface area contributed by atoms with Crippen LogP contribution in [0.2, 0.25) is 0 Å². The number of hydrogen-bond donors (Lipinski definition) is 0. The maximum atomic E-state index is 13.5. The first kappa shape index (κ1) is 20.2. The molecule has 1 aromatic heterocycles. The summed E-state index contributed by atoms with van der Waals surface area (Å²) in [5, 5.41) is 4.37. The molecule has 4 rings (SSSR count). The number of ether oxygens (including phenoxy) is 1. The van der Waals surface area contributed by atoms with Crippen molar-refractivity contribution < 1.29 is 27.1 Å². The zero-order valence-electron chi connectivity index (χ0n) is 16.0. The Morgan fingerprint density at radius 3 is 2.77 bits per heavy atom. The number of halogens is 4. The molecule has 0 spiro atoms. The SMILES string of the molecule is O=C(c1ccc(F)c(C(F)(F)F)c1)N1CCn2nc(OCC3=CC=CCC3)cc2C1. The first-order valence-electron chi connectivity index (χ1n) is 9.51. The van der Waals surface area contributed by atoms with Crippen LogP contribution in [0.3, 0.4) is 0 Å². The van der Waals surface area contributed by atoms with Gasteiger partial charge in [0.15, 0.2) is 0 Å². The number of aromatic nitrogens is 2. The number of alkyl halides is 3. The minimum Gasteiger partial charge on any atom is -0.472 e. The Hall–Kier alpha value is -3.10. The van der Waals surface area contributed by atoms with Crippen molar-refractivity contribution in [1.29, 1.82) is 0 Å². The van der Waals surface area contributed by atoms with Gasteiger partial charge in [-0.2, -0.15) is 13.2 Å². The van der Waals surface area contributed by atoms with Crippen molar-refractivity contribution in [3.8, 4) is 5.88 Å². The monoisotopic (exact) mass is 421 g/mol. The van der Waals surface area contributed by atoms with E-state index in [0.29, 0.717) is 31.2 Å². The number of carbonyl (C=O) groups is 1. The normalized spacial score (nSPS) is 16.3. The van der Waals surface area contributed by atoms with E-state index in [1.54, 1.807) is 10.7 Å². The number of benzene rings is 1. The Labute approximate surface area is 170 Å². The van der Waals surface area contributed by atoms with E-state index < -0.39 is 23.5 Å². The summed E-state index contributed by atoms with van der Waals surface area (Å²) in [6.45, 7) is 1.28. The summed E-state index contributed by atoms with van der Waals surface area (Å²) in [5.74, 6) is -1.55. The molecule has 5 nitrogen and oxygen atoms in total. The lowest BCUT2D eigenvalue weighted by Gasteiger charge is -2.27. The average molecular weight is 421 g/mol. The molecular weight excluding hydrogens is 402 g/mol. The molecule has 9 heteroatoms. The van der Waals surface area contributed by atoms with Gasteiger partial charge in [0.25, 0.3) is 5.91 Å². The van der Waals surface area contributed by atoms with Crippen molar-refractivity contribution in [2.75, 3.05) is 13.2 Å². The van der Waals surface area contributed by atoms with Gasteiger partial charge < -0.3 is 9.64 Å². The van der Waals surface area contributed by atoms with Crippen molar-refractivity contribution in [1.82, 2.24) is 14.7 Å². The summed E-state index contributed by atoms with van der Waals surface area (Å²) in [6.07, 6.45) is 3.14. The van der Waals surface area contributed by atoms with Crippen LogP contribution in [0.15, 0.2) is 48.1 Å². The molecule has 0 bridgehead atoms. The maximum Gasteiger partial charge on any atom is 0.419 e. The number of nitrogens with zero attached hydrogens (tertiary/aromatic N) is 3. The largest absolute Gasteiger partial charge is 0.472 e. The van der Waals surface area contributed by atoms with Crippen LogP contribution >= 0.6 is 0 Å². The summed E-state index contributed by atoms with van der Waals surface area (Å²) in [4.78, 5) is 14.1. The highest BCUT2D eigenvalue weighted by molar-refractivity contribution is 5.94. The molecule has 0 N–H and O–H groups in total. The molecule has 2 heterocycles. The number of carbonyl (C=O) groups excluding carboxylic acids is 1. The second-order valence-corrected chi connectivity index (χ2v) is 7.20. The minimum absolute atomic E-state index is 0.180. The first-order chi connectivity index (χ1) is 14.3. The predicted molar refractivity (Wildman–Crippen MR) is 100 cm³/mol. The summed E-state index contributed by atoms with van der Waals surface area (Å²) in [5.41, 5.74) is 0.237. The van der Waals surface area contributed by atoms with Crippen LogP contribution < -0.4 is 4.74 Å². The Morgan fingerprint density at radius 1 is 1.20 bits per heavy atom. The van der Waals surface area contributed by atoms with Crippen molar-refractivity contribution in [2.24, 2.45) is 0 Å². The van der Waals surface area contributed by atoms with Gasteiger partial charge in [-0.3, -0.25) is 9.48 Å². The van der Waals surface area contributed by atoms with Crippen LogP contribution in [-0.4, -0.2) is 33.7 Å². The fourth-order valence-electron chi connectivity index (χ4n) is 3.48. The van der Waals surface area contributed by atoms with Gasteiger partial charge in [0.05, 0.1) is 24.3 Å². The van der Waals surface area contributed by atoms with E-state index >= 15 is 0 Å². The first-order valence-corrected chi connectivity index (χ1v) is 9.51.